The molecule has 1 atom stereocenters. The number of rotatable bonds is 12. The van der Waals surface area contributed by atoms with Crippen molar-refractivity contribution in [1.29, 1.82) is 0 Å². The van der Waals surface area contributed by atoms with Crippen LogP contribution in [-0.2, 0) is 11.2 Å². The van der Waals surface area contributed by atoms with Crippen LogP contribution < -0.4 is 20.1 Å². The summed E-state index contributed by atoms with van der Waals surface area (Å²) in [6.07, 6.45) is 5.86. The average molecular weight is 585 g/mol. The standard InChI is InChI=1S/C28H30F2N6O4S/c1-39-24-12-20-22(13-25(24)40-9-3-8-36-7-2-4-18(36)15-37)32-16-33-27(20)35-28-31-14-19(41-28)11-26(38)34-23-10-17(29)5-6-21(23)30/h5-6,10,12-14,16,18,37H,2-4,7-9,11,15H2,1H3,(H,34,38)(H,31,32,33,35)/t18-/m1/s1. The zero-order valence-corrected chi connectivity index (χ0v) is 23.2. The molecule has 0 saturated carbocycles. The van der Waals surface area contributed by atoms with Crippen LogP contribution in [0, 0.1) is 11.6 Å². The molecule has 13 heteroatoms. The van der Waals surface area contributed by atoms with Crippen LogP contribution in [0.4, 0.5) is 25.4 Å². The molecule has 1 amide bonds. The second-order valence-electron chi connectivity index (χ2n) is 9.56. The number of nitrogens with one attached hydrogen (secondary N) is 2. The number of benzene rings is 2. The first-order valence-electron chi connectivity index (χ1n) is 13.2. The minimum absolute atomic E-state index is 0.0627. The number of halogens is 2. The van der Waals surface area contributed by atoms with E-state index in [9.17, 15) is 18.7 Å². The van der Waals surface area contributed by atoms with E-state index in [0.717, 1.165) is 50.6 Å². The van der Waals surface area contributed by atoms with Crippen molar-refractivity contribution in [3.63, 3.8) is 0 Å². The summed E-state index contributed by atoms with van der Waals surface area (Å²) in [4.78, 5) is 28.3. The van der Waals surface area contributed by atoms with Gasteiger partial charge in [0.1, 0.15) is 23.8 Å². The van der Waals surface area contributed by atoms with Crippen molar-refractivity contribution >= 4 is 44.8 Å². The van der Waals surface area contributed by atoms with Gasteiger partial charge in [0.25, 0.3) is 0 Å². The van der Waals surface area contributed by atoms with E-state index in [4.69, 9.17) is 9.47 Å². The van der Waals surface area contributed by atoms with Crippen molar-refractivity contribution in [2.75, 3.05) is 44.0 Å². The minimum atomic E-state index is -0.718. The van der Waals surface area contributed by atoms with Gasteiger partial charge in [-0.25, -0.2) is 23.7 Å². The maximum atomic E-state index is 13.8. The number of aliphatic hydroxyl groups is 1. The van der Waals surface area contributed by atoms with Crippen LogP contribution in [0.3, 0.4) is 0 Å². The normalized spacial score (nSPS) is 15.3. The number of carbonyl (C=O) groups excluding carboxylic acids is 1. The second-order valence-corrected chi connectivity index (χ2v) is 10.7. The van der Waals surface area contributed by atoms with Crippen LogP contribution in [0.2, 0.25) is 0 Å². The predicted molar refractivity (Wildman–Crippen MR) is 152 cm³/mol. The zero-order chi connectivity index (χ0) is 28.8. The second kappa shape index (κ2) is 13.1. The van der Waals surface area contributed by atoms with Crippen LogP contribution in [0.15, 0.2) is 42.9 Å². The Balaban J connectivity index is 1.22. The van der Waals surface area contributed by atoms with Crippen LogP contribution in [0.25, 0.3) is 10.9 Å². The fraction of sp³-hybridized carbons (Fsp3) is 0.357. The van der Waals surface area contributed by atoms with Crippen molar-refractivity contribution in [1.82, 2.24) is 19.9 Å². The Morgan fingerprint density at radius 3 is 2.90 bits per heavy atom. The highest BCUT2D eigenvalue weighted by Gasteiger charge is 2.23. The molecule has 0 spiro atoms. The zero-order valence-electron chi connectivity index (χ0n) is 22.4. The highest BCUT2D eigenvalue weighted by atomic mass is 32.1. The van der Waals surface area contributed by atoms with Crippen LogP contribution >= 0.6 is 11.3 Å². The Labute approximate surface area is 239 Å². The molecule has 0 radical (unpaired) electrons. The fourth-order valence-electron chi connectivity index (χ4n) is 4.78. The van der Waals surface area contributed by atoms with Gasteiger partial charge in [-0.3, -0.25) is 9.69 Å². The van der Waals surface area contributed by atoms with Gasteiger partial charge in [0.05, 0.1) is 37.9 Å². The molecule has 1 fully saturated rings. The number of hydrogen-bond donors (Lipinski definition) is 3. The quantitative estimate of drug-likeness (QED) is 0.206. The van der Waals surface area contributed by atoms with Gasteiger partial charge in [-0.2, -0.15) is 0 Å². The van der Waals surface area contributed by atoms with E-state index < -0.39 is 17.5 Å². The lowest BCUT2D eigenvalue weighted by molar-refractivity contribution is -0.115. The number of anilines is 3. The molecular formula is C28H30F2N6O4S. The number of fused-ring (bicyclic) bond motifs is 1. The van der Waals surface area contributed by atoms with Gasteiger partial charge < -0.3 is 25.2 Å². The van der Waals surface area contributed by atoms with E-state index in [0.29, 0.717) is 44.8 Å². The molecule has 3 N–H and O–H groups in total. The first kappa shape index (κ1) is 28.6. The van der Waals surface area contributed by atoms with Crippen LogP contribution in [-0.4, -0.2) is 70.3 Å². The summed E-state index contributed by atoms with van der Waals surface area (Å²) in [5, 5.41) is 16.2. The SMILES string of the molecule is COc1cc2c(Nc3ncc(CC(=O)Nc4cc(F)ccc4F)s3)ncnc2cc1OCCCN1CCC[C@@H]1CO. The molecular weight excluding hydrogens is 554 g/mol. The summed E-state index contributed by atoms with van der Waals surface area (Å²) in [7, 11) is 1.56. The third kappa shape index (κ3) is 7.04. The van der Waals surface area contributed by atoms with Gasteiger partial charge in [-0.1, -0.05) is 0 Å². The van der Waals surface area contributed by atoms with E-state index in [1.807, 2.05) is 0 Å². The number of aromatic nitrogens is 3. The third-order valence-electron chi connectivity index (χ3n) is 6.79. The summed E-state index contributed by atoms with van der Waals surface area (Å²) < 4.78 is 38.8. The van der Waals surface area contributed by atoms with Gasteiger partial charge in [-0.15, -0.1) is 11.3 Å². The number of amides is 1. The number of thiazole rings is 1. The first-order chi connectivity index (χ1) is 19.9. The number of aliphatic hydroxyl groups excluding tert-OH is 1. The van der Waals surface area contributed by atoms with Gasteiger partial charge in [0.2, 0.25) is 5.91 Å². The maximum absolute atomic E-state index is 13.8. The van der Waals surface area contributed by atoms with Crippen molar-refractivity contribution in [2.24, 2.45) is 0 Å². The fourth-order valence-corrected chi connectivity index (χ4v) is 5.59. The summed E-state index contributed by atoms with van der Waals surface area (Å²) >= 11 is 1.23. The molecule has 10 nitrogen and oxygen atoms in total. The Morgan fingerprint density at radius 1 is 1.20 bits per heavy atom. The molecule has 2 aromatic carbocycles. The lowest BCUT2D eigenvalue weighted by Gasteiger charge is -2.22. The molecule has 1 aliphatic heterocycles. The third-order valence-corrected chi connectivity index (χ3v) is 7.71. The maximum Gasteiger partial charge on any atom is 0.229 e. The molecule has 1 aliphatic rings. The molecule has 2 aromatic heterocycles. The topological polar surface area (TPSA) is 122 Å². The molecule has 41 heavy (non-hydrogen) atoms. The van der Waals surface area contributed by atoms with E-state index in [1.165, 1.54) is 23.9 Å². The number of hydrogen-bond acceptors (Lipinski definition) is 10. The van der Waals surface area contributed by atoms with E-state index in [-0.39, 0.29) is 24.8 Å². The lowest BCUT2D eigenvalue weighted by Crippen LogP contribution is -2.33. The number of ether oxygens (including phenoxy) is 2. The van der Waals surface area contributed by atoms with E-state index in [2.05, 4.69) is 30.5 Å². The van der Waals surface area contributed by atoms with Gasteiger partial charge in [-0.05, 0) is 44.0 Å². The van der Waals surface area contributed by atoms with Crippen LogP contribution in [0.5, 0.6) is 11.5 Å². The summed E-state index contributed by atoms with van der Waals surface area (Å²) in [5.74, 6) is -0.260. The predicted octanol–water partition coefficient (Wildman–Crippen LogP) is 4.52. The molecule has 0 unspecified atom stereocenters. The number of nitrogens with zero attached hydrogens (tertiary/aromatic N) is 4. The van der Waals surface area contributed by atoms with Crippen LogP contribution in [0.1, 0.15) is 24.1 Å². The van der Waals surface area contributed by atoms with E-state index >= 15 is 0 Å². The molecule has 3 heterocycles. The van der Waals surface area contributed by atoms with E-state index in [1.54, 1.807) is 19.2 Å². The van der Waals surface area contributed by atoms with Crippen molar-refractivity contribution < 1.29 is 28.2 Å². The minimum Gasteiger partial charge on any atom is -0.493 e. The first-order valence-corrected chi connectivity index (χ1v) is 14.0. The average Bonchev–Trinajstić information content (AvgIpc) is 3.61. The largest absolute Gasteiger partial charge is 0.493 e. The van der Waals surface area contributed by atoms with Gasteiger partial charge >= 0.3 is 0 Å². The highest BCUT2D eigenvalue weighted by molar-refractivity contribution is 7.15. The number of methoxy groups -OCH3 is 1. The molecule has 5 rings (SSSR count). The number of likely N-dealkylation sites (tertiary alicyclic amines) is 1. The molecule has 0 aliphatic carbocycles. The summed E-state index contributed by atoms with van der Waals surface area (Å²) in [5.41, 5.74) is 0.427. The Hall–Kier alpha value is -3.94. The number of carbonyl (C=O) groups is 1. The Bertz CT molecular complexity index is 1520. The molecule has 1 saturated heterocycles. The summed E-state index contributed by atoms with van der Waals surface area (Å²) in [6, 6.07) is 6.71. The van der Waals surface area contributed by atoms with Gasteiger partial charge in [0.15, 0.2) is 16.6 Å². The van der Waals surface area contributed by atoms with Gasteiger partial charge in [0, 0.05) is 41.2 Å². The molecule has 216 valence electrons. The Kier molecular flexibility index (Phi) is 9.17. The lowest BCUT2D eigenvalue weighted by atomic mass is 10.2. The smallest absolute Gasteiger partial charge is 0.229 e. The Morgan fingerprint density at radius 2 is 2.07 bits per heavy atom. The molecule has 4 aromatic rings. The van der Waals surface area contributed by atoms with Crippen molar-refractivity contribution in [3.05, 3.63) is 59.4 Å². The molecule has 0 bridgehead atoms. The van der Waals surface area contributed by atoms with Crippen molar-refractivity contribution in [3.8, 4) is 11.5 Å². The highest BCUT2D eigenvalue weighted by Crippen LogP contribution is 2.35. The van der Waals surface area contributed by atoms with Crippen molar-refractivity contribution in [2.45, 2.75) is 31.7 Å². The monoisotopic (exact) mass is 584 g/mol. The summed E-state index contributed by atoms with van der Waals surface area (Å²) in [6.45, 7) is 2.54.